The summed E-state index contributed by atoms with van der Waals surface area (Å²) in [6.07, 6.45) is 1.57. The van der Waals surface area contributed by atoms with E-state index in [2.05, 4.69) is 17.2 Å². The van der Waals surface area contributed by atoms with Gasteiger partial charge in [0, 0.05) is 24.4 Å². The normalized spacial score (nSPS) is 10.8. The molecule has 3 rings (SSSR count). The van der Waals surface area contributed by atoms with E-state index in [4.69, 9.17) is 4.42 Å². The number of carbonyl (C=O) groups excluding carboxylic acids is 1. The molecule has 0 aliphatic heterocycles. The second-order valence-corrected chi connectivity index (χ2v) is 6.01. The van der Waals surface area contributed by atoms with Crippen LogP contribution in [0.2, 0.25) is 0 Å². The topological polar surface area (TPSA) is 72.2 Å². The van der Waals surface area contributed by atoms with Crippen molar-refractivity contribution in [2.75, 3.05) is 6.54 Å². The summed E-state index contributed by atoms with van der Waals surface area (Å²) >= 11 is 1.62. The van der Waals surface area contributed by atoms with E-state index in [1.165, 1.54) is 6.07 Å². The molecule has 1 amide bonds. The molecule has 0 saturated heterocycles. The number of rotatable bonds is 5. The fraction of sp³-hybridized carbons (Fsp3) is 0.235. The summed E-state index contributed by atoms with van der Waals surface area (Å²) in [5.74, 6) is -0.361. The predicted molar refractivity (Wildman–Crippen MR) is 90.0 cm³/mol. The number of nitrogens with one attached hydrogen (secondary N) is 1. The number of thiazole rings is 1. The van der Waals surface area contributed by atoms with Gasteiger partial charge in [0.15, 0.2) is 11.2 Å². The van der Waals surface area contributed by atoms with Gasteiger partial charge in [-0.3, -0.25) is 9.59 Å². The van der Waals surface area contributed by atoms with E-state index < -0.39 is 5.91 Å². The maximum absolute atomic E-state index is 12.1. The molecule has 0 bridgehead atoms. The largest absolute Gasteiger partial charge is 0.451 e. The molecule has 5 nitrogen and oxygen atoms in total. The van der Waals surface area contributed by atoms with Crippen LogP contribution in [0.25, 0.3) is 11.0 Å². The van der Waals surface area contributed by atoms with Crippen molar-refractivity contribution >= 4 is 28.2 Å². The number of aromatic nitrogens is 1. The van der Waals surface area contributed by atoms with Gasteiger partial charge in [0.2, 0.25) is 0 Å². The Labute approximate surface area is 137 Å². The summed E-state index contributed by atoms with van der Waals surface area (Å²) in [5, 5.41) is 6.32. The number of fused-ring (bicyclic) bond motifs is 1. The van der Waals surface area contributed by atoms with Crippen LogP contribution in [0.15, 0.2) is 44.9 Å². The van der Waals surface area contributed by atoms with Gasteiger partial charge < -0.3 is 9.73 Å². The third-order valence-electron chi connectivity index (χ3n) is 3.43. The van der Waals surface area contributed by atoms with Gasteiger partial charge in [-0.05, 0) is 18.6 Å². The molecule has 1 aromatic carbocycles. The number of nitrogens with zero attached hydrogens (tertiary/aromatic N) is 1. The first-order valence-electron chi connectivity index (χ1n) is 7.41. The Morgan fingerprint density at radius 1 is 1.35 bits per heavy atom. The zero-order valence-electron chi connectivity index (χ0n) is 12.7. The minimum absolute atomic E-state index is 0.0289. The Bertz CT molecular complexity index is 898. The van der Waals surface area contributed by atoms with Gasteiger partial charge in [-0.25, -0.2) is 4.98 Å². The van der Waals surface area contributed by atoms with E-state index >= 15 is 0 Å². The van der Waals surface area contributed by atoms with Crippen LogP contribution in [0.4, 0.5) is 0 Å². The highest BCUT2D eigenvalue weighted by atomic mass is 32.1. The molecule has 0 saturated carbocycles. The number of aryl methyl sites for hydroxylation is 1. The Hall–Kier alpha value is -2.47. The summed E-state index contributed by atoms with van der Waals surface area (Å²) in [6.45, 7) is 2.51. The number of para-hydroxylation sites is 1. The van der Waals surface area contributed by atoms with Gasteiger partial charge in [-0.2, -0.15) is 0 Å². The van der Waals surface area contributed by atoms with Crippen LogP contribution in [0.5, 0.6) is 0 Å². The Morgan fingerprint density at radius 3 is 2.96 bits per heavy atom. The molecule has 0 unspecified atom stereocenters. The minimum Gasteiger partial charge on any atom is -0.451 e. The van der Waals surface area contributed by atoms with Gasteiger partial charge in [-0.15, -0.1) is 11.3 Å². The molecule has 23 heavy (non-hydrogen) atoms. The van der Waals surface area contributed by atoms with Crippen molar-refractivity contribution < 1.29 is 9.21 Å². The number of hydrogen-bond acceptors (Lipinski definition) is 5. The summed E-state index contributed by atoms with van der Waals surface area (Å²) in [5.41, 5.74) is 1.16. The lowest BCUT2D eigenvalue weighted by atomic mass is 10.2. The number of amides is 1. The molecule has 3 aromatic rings. The highest BCUT2D eigenvalue weighted by Gasteiger charge is 2.12. The van der Waals surface area contributed by atoms with Crippen LogP contribution < -0.4 is 10.7 Å². The Balaban J connectivity index is 1.67. The van der Waals surface area contributed by atoms with Crippen molar-refractivity contribution in [1.29, 1.82) is 0 Å². The second kappa shape index (κ2) is 6.75. The first kappa shape index (κ1) is 15.4. The third-order valence-corrected chi connectivity index (χ3v) is 4.47. The second-order valence-electron chi connectivity index (χ2n) is 5.06. The molecule has 0 fully saturated rings. The standard InChI is InChI=1S/C17H16N2O3S/c1-2-16-19-11(10-23-16)7-8-18-17(21)15-9-13(20)12-5-3-4-6-14(12)22-15/h3-6,9-10H,2,7-8H2,1H3,(H,18,21). The van der Waals surface area contributed by atoms with E-state index in [1.54, 1.807) is 35.6 Å². The quantitative estimate of drug-likeness (QED) is 0.782. The Kier molecular flexibility index (Phi) is 4.52. The molecule has 2 aromatic heterocycles. The van der Waals surface area contributed by atoms with Crippen LogP contribution in [0.3, 0.4) is 0 Å². The molecule has 0 spiro atoms. The fourth-order valence-electron chi connectivity index (χ4n) is 2.23. The first-order chi connectivity index (χ1) is 11.2. The van der Waals surface area contributed by atoms with Gasteiger partial charge in [0.25, 0.3) is 5.91 Å². The summed E-state index contributed by atoms with van der Waals surface area (Å²) in [7, 11) is 0. The van der Waals surface area contributed by atoms with Crippen molar-refractivity contribution in [3.05, 3.63) is 62.4 Å². The average Bonchev–Trinajstić information content (AvgIpc) is 3.02. The highest BCUT2D eigenvalue weighted by molar-refractivity contribution is 7.09. The molecule has 0 aliphatic carbocycles. The SMILES string of the molecule is CCc1nc(CCNC(=O)c2cc(=O)c3ccccc3o2)cs1. The van der Waals surface area contributed by atoms with Crippen molar-refractivity contribution in [1.82, 2.24) is 10.3 Å². The van der Waals surface area contributed by atoms with E-state index in [9.17, 15) is 9.59 Å². The molecule has 1 N–H and O–H groups in total. The zero-order valence-corrected chi connectivity index (χ0v) is 13.5. The van der Waals surface area contributed by atoms with E-state index in [-0.39, 0.29) is 11.2 Å². The number of hydrogen-bond donors (Lipinski definition) is 1. The van der Waals surface area contributed by atoms with Crippen LogP contribution in [-0.4, -0.2) is 17.4 Å². The Morgan fingerprint density at radius 2 is 2.17 bits per heavy atom. The fourth-order valence-corrected chi connectivity index (χ4v) is 3.01. The lowest BCUT2D eigenvalue weighted by molar-refractivity contribution is 0.0927. The van der Waals surface area contributed by atoms with Crippen molar-refractivity contribution in [2.24, 2.45) is 0 Å². The molecule has 0 radical (unpaired) electrons. The zero-order chi connectivity index (χ0) is 16.2. The first-order valence-corrected chi connectivity index (χ1v) is 8.29. The van der Waals surface area contributed by atoms with Gasteiger partial charge in [-0.1, -0.05) is 19.1 Å². The maximum Gasteiger partial charge on any atom is 0.287 e. The molecule has 6 heteroatoms. The molecule has 118 valence electrons. The lowest BCUT2D eigenvalue weighted by Crippen LogP contribution is -2.26. The monoisotopic (exact) mass is 328 g/mol. The smallest absolute Gasteiger partial charge is 0.287 e. The number of carbonyl (C=O) groups is 1. The number of benzene rings is 1. The van der Waals surface area contributed by atoms with Crippen molar-refractivity contribution in [3.8, 4) is 0 Å². The average molecular weight is 328 g/mol. The van der Waals surface area contributed by atoms with Crippen molar-refractivity contribution in [2.45, 2.75) is 19.8 Å². The summed E-state index contributed by atoms with van der Waals surface area (Å²) in [6, 6.07) is 8.11. The third kappa shape index (κ3) is 3.48. The van der Waals surface area contributed by atoms with E-state index in [0.29, 0.717) is 23.9 Å². The van der Waals surface area contributed by atoms with Crippen LogP contribution in [-0.2, 0) is 12.8 Å². The van der Waals surface area contributed by atoms with Gasteiger partial charge in [0.1, 0.15) is 5.58 Å². The van der Waals surface area contributed by atoms with E-state index in [1.807, 2.05) is 5.38 Å². The predicted octanol–water partition coefficient (Wildman–Crippen LogP) is 2.78. The highest BCUT2D eigenvalue weighted by Crippen LogP contribution is 2.12. The minimum atomic E-state index is -0.390. The molecule has 2 heterocycles. The van der Waals surface area contributed by atoms with Crippen LogP contribution >= 0.6 is 11.3 Å². The summed E-state index contributed by atoms with van der Waals surface area (Å²) in [4.78, 5) is 28.6. The molecule has 0 atom stereocenters. The van der Waals surface area contributed by atoms with E-state index in [0.717, 1.165) is 17.1 Å². The molecular weight excluding hydrogens is 312 g/mol. The molecular formula is C17H16N2O3S. The summed E-state index contributed by atoms with van der Waals surface area (Å²) < 4.78 is 5.50. The van der Waals surface area contributed by atoms with Crippen molar-refractivity contribution in [3.63, 3.8) is 0 Å². The van der Waals surface area contributed by atoms with Crippen LogP contribution in [0.1, 0.15) is 28.2 Å². The lowest BCUT2D eigenvalue weighted by Gasteiger charge is -2.04. The van der Waals surface area contributed by atoms with Crippen LogP contribution in [0, 0.1) is 0 Å². The van der Waals surface area contributed by atoms with Gasteiger partial charge in [0.05, 0.1) is 16.1 Å². The van der Waals surface area contributed by atoms with Gasteiger partial charge >= 0.3 is 0 Å². The maximum atomic E-state index is 12.1. The molecule has 0 aliphatic rings.